The SMILES string of the molecule is C=CCn1c(N2CCN(Cc3cccc4ccccc34)CC2)nc2c1c(=O)[nH]c(=O)n2C. The molecule has 8 heteroatoms. The van der Waals surface area contributed by atoms with Crippen molar-refractivity contribution in [2.45, 2.75) is 13.1 Å². The second-order valence-electron chi connectivity index (χ2n) is 8.20. The van der Waals surface area contributed by atoms with Gasteiger partial charge in [0.1, 0.15) is 0 Å². The zero-order valence-electron chi connectivity index (χ0n) is 18.1. The number of nitrogens with zero attached hydrogens (tertiary/aromatic N) is 5. The fourth-order valence-electron chi connectivity index (χ4n) is 4.54. The second kappa shape index (κ2) is 8.12. The topological polar surface area (TPSA) is 79.2 Å². The molecule has 0 radical (unpaired) electrons. The molecule has 1 aliphatic rings. The van der Waals surface area contributed by atoms with Gasteiger partial charge in [0, 0.05) is 46.3 Å². The quantitative estimate of drug-likeness (QED) is 0.491. The lowest BCUT2D eigenvalue weighted by atomic mass is 10.0. The van der Waals surface area contributed by atoms with Crippen molar-refractivity contribution in [3.05, 3.63) is 81.5 Å². The molecule has 0 bridgehead atoms. The Kier molecular flexibility index (Phi) is 5.14. The van der Waals surface area contributed by atoms with Gasteiger partial charge in [0.25, 0.3) is 5.56 Å². The molecular weight excluding hydrogens is 404 g/mol. The average Bonchev–Trinajstić information content (AvgIpc) is 3.19. The molecule has 0 amide bonds. The minimum Gasteiger partial charge on any atom is -0.340 e. The number of hydrogen-bond donors (Lipinski definition) is 1. The van der Waals surface area contributed by atoms with Crippen molar-refractivity contribution in [2.75, 3.05) is 31.1 Å². The molecule has 0 aliphatic carbocycles. The van der Waals surface area contributed by atoms with Crippen LogP contribution in [0.25, 0.3) is 21.9 Å². The Morgan fingerprint density at radius 1 is 1.06 bits per heavy atom. The van der Waals surface area contributed by atoms with Crippen molar-refractivity contribution in [1.82, 2.24) is 24.0 Å². The molecular formula is C24H26N6O2. The summed E-state index contributed by atoms with van der Waals surface area (Å²) in [7, 11) is 1.62. The monoisotopic (exact) mass is 430 g/mol. The number of benzene rings is 2. The van der Waals surface area contributed by atoms with Crippen molar-refractivity contribution in [2.24, 2.45) is 7.05 Å². The van der Waals surface area contributed by atoms with Crippen LogP contribution in [-0.2, 0) is 20.1 Å². The van der Waals surface area contributed by atoms with E-state index < -0.39 is 11.2 Å². The van der Waals surface area contributed by atoms with Crippen LogP contribution >= 0.6 is 0 Å². The maximum atomic E-state index is 12.5. The largest absolute Gasteiger partial charge is 0.340 e. The van der Waals surface area contributed by atoms with Gasteiger partial charge in [-0.15, -0.1) is 6.58 Å². The Bertz CT molecular complexity index is 1420. The van der Waals surface area contributed by atoms with Crippen LogP contribution < -0.4 is 16.1 Å². The fourth-order valence-corrected chi connectivity index (χ4v) is 4.54. The number of rotatable bonds is 5. The number of nitrogens with one attached hydrogen (secondary N) is 1. The van der Waals surface area contributed by atoms with Crippen LogP contribution in [0.3, 0.4) is 0 Å². The van der Waals surface area contributed by atoms with Gasteiger partial charge >= 0.3 is 5.69 Å². The van der Waals surface area contributed by atoms with Crippen molar-refractivity contribution in [1.29, 1.82) is 0 Å². The third-order valence-corrected chi connectivity index (χ3v) is 6.23. The van der Waals surface area contributed by atoms with E-state index in [4.69, 9.17) is 4.98 Å². The third kappa shape index (κ3) is 3.42. The number of hydrogen-bond acceptors (Lipinski definition) is 5. The van der Waals surface area contributed by atoms with Gasteiger partial charge in [0.05, 0.1) is 0 Å². The first kappa shape index (κ1) is 20.3. The number of anilines is 1. The molecule has 32 heavy (non-hydrogen) atoms. The first-order chi connectivity index (χ1) is 15.6. The van der Waals surface area contributed by atoms with Crippen LogP contribution in [0.2, 0.25) is 0 Å². The highest BCUT2D eigenvalue weighted by Gasteiger charge is 2.24. The number of allylic oxidation sites excluding steroid dienone is 1. The predicted octanol–water partition coefficient (Wildman–Crippen LogP) is 2.08. The van der Waals surface area contributed by atoms with E-state index in [2.05, 4.69) is 63.8 Å². The van der Waals surface area contributed by atoms with Gasteiger partial charge in [-0.05, 0) is 16.3 Å². The summed E-state index contributed by atoms with van der Waals surface area (Å²) in [5.41, 5.74) is 1.25. The molecule has 2 aromatic carbocycles. The number of H-pyrrole nitrogens is 1. The molecule has 0 atom stereocenters. The van der Waals surface area contributed by atoms with E-state index in [1.165, 1.54) is 20.9 Å². The number of piperazine rings is 1. The molecule has 8 nitrogen and oxygen atoms in total. The average molecular weight is 431 g/mol. The summed E-state index contributed by atoms with van der Waals surface area (Å²) in [6, 6.07) is 15.0. The Morgan fingerprint density at radius 3 is 2.59 bits per heavy atom. The summed E-state index contributed by atoms with van der Waals surface area (Å²) in [6.45, 7) is 8.52. The molecule has 4 aromatic rings. The Labute approximate surface area is 185 Å². The standard InChI is InChI=1S/C24H26N6O2/c1-3-11-30-20-21(27(2)24(32)26-22(20)31)25-23(30)29-14-12-28(13-15-29)16-18-9-6-8-17-7-4-5-10-19(17)18/h3-10H,1,11-16H2,2H3,(H,26,31,32). The highest BCUT2D eigenvalue weighted by Crippen LogP contribution is 2.23. The Morgan fingerprint density at radius 2 is 1.81 bits per heavy atom. The zero-order valence-corrected chi connectivity index (χ0v) is 18.1. The van der Waals surface area contributed by atoms with Crippen molar-refractivity contribution >= 4 is 27.9 Å². The molecule has 1 saturated heterocycles. The van der Waals surface area contributed by atoms with E-state index in [0.29, 0.717) is 23.7 Å². The van der Waals surface area contributed by atoms with Crippen LogP contribution in [-0.4, -0.2) is 50.2 Å². The lowest BCUT2D eigenvalue weighted by Crippen LogP contribution is -2.46. The lowest BCUT2D eigenvalue weighted by Gasteiger charge is -2.35. The number of imidazole rings is 1. The Hall–Kier alpha value is -3.65. The van der Waals surface area contributed by atoms with Gasteiger partial charge in [0.2, 0.25) is 5.95 Å². The summed E-state index contributed by atoms with van der Waals surface area (Å²) >= 11 is 0. The molecule has 1 N–H and O–H groups in total. The van der Waals surface area contributed by atoms with Gasteiger partial charge in [-0.3, -0.25) is 19.2 Å². The molecule has 1 fully saturated rings. The summed E-state index contributed by atoms with van der Waals surface area (Å²) in [5.74, 6) is 0.705. The molecule has 2 aromatic heterocycles. The van der Waals surface area contributed by atoms with Gasteiger partial charge in [0.15, 0.2) is 11.2 Å². The first-order valence-electron chi connectivity index (χ1n) is 10.8. The number of aromatic amines is 1. The predicted molar refractivity (Wildman–Crippen MR) is 127 cm³/mol. The van der Waals surface area contributed by atoms with E-state index in [0.717, 1.165) is 32.7 Å². The number of fused-ring (bicyclic) bond motifs is 2. The fraction of sp³-hybridized carbons (Fsp3) is 0.292. The maximum absolute atomic E-state index is 12.5. The van der Waals surface area contributed by atoms with E-state index >= 15 is 0 Å². The highest BCUT2D eigenvalue weighted by molar-refractivity contribution is 5.85. The minimum atomic E-state index is -0.461. The van der Waals surface area contributed by atoms with Crippen LogP contribution in [0.4, 0.5) is 5.95 Å². The molecule has 0 saturated carbocycles. The van der Waals surface area contributed by atoms with Crippen molar-refractivity contribution in [3.63, 3.8) is 0 Å². The number of aromatic nitrogens is 4. The van der Waals surface area contributed by atoms with E-state index in [9.17, 15) is 9.59 Å². The van der Waals surface area contributed by atoms with E-state index in [-0.39, 0.29) is 0 Å². The van der Waals surface area contributed by atoms with Crippen LogP contribution in [0, 0.1) is 0 Å². The lowest BCUT2D eigenvalue weighted by molar-refractivity contribution is 0.249. The maximum Gasteiger partial charge on any atom is 0.329 e. The summed E-state index contributed by atoms with van der Waals surface area (Å²) in [4.78, 5) is 36.3. The summed E-state index contributed by atoms with van der Waals surface area (Å²) < 4.78 is 3.23. The smallest absolute Gasteiger partial charge is 0.329 e. The van der Waals surface area contributed by atoms with Gasteiger partial charge in [-0.25, -0.2) is 4.79 Å². The molecule has 3 heterocycles. The van der Waals surface area contributed by atoms with Crippen LogP contribution in [0.1, 0.15) is 5.56 Å². The van der Waals surface area contributed by atoms with Crippen LogP contribution in [0.5, 0.6) is 0 Å². The zero-order chi connectivity index (χ0) is 22.2. The molecule has 0 unspecified atom stereocenters. The number of aryl methyl sites for hydroxylation is 1. The highest BCUT2D eigenvalue weighted by atomic mass is 16.2. The molecule has 0 spiro atoms. The van der Waals surface area contributed by atoms with Crippen LogP contribution in [0.15, 0.2) is 64.7 Å². The molecule has 1 aliphatic heterocycles. The van der Waals surface area contributed by atoms with Gasteiger partial charge in [-0.1, -0.05) is 48.5 Å². The van der Waals surface area contributed by atoms with E-state index in [1.807, 2.05) is 4.57 Å². The Balaban J connectivity index is 1.40. The van der Waals surface area contributed by atoms with E-state index in [1.54, 1.807) is 13.1 Å². The second-order valence-corrected chi connectivity index (χ2v) is 8.20. The molecule has 164 valence electrons. The first-order valence-corrected chi connectivity index (χ1v) is 10.8. The minimum absolute atomic E-state index is 0.397. The summed E-state index contributed by atoms with van der Waals surface area (Å²) in [5, 5.41) is 2.56. The normalized spacial score (nSPS) is 15.0. The van der Waals surface area contributed by atoms with Gasteiger partial charge in [-0.2, -0.15) is 4.98 Å². The summed E-state index contributed by atoms with van der Waals surface area (Å²) in [6.07, 6.45) is 1.74. The van der Waals surface area contributed by atoms with Crippen molar-refractivity contribution < 1.29 is 0 Å². The molecule has 5 rings (SSSR count). The third-order valence-electron chi connectivity index (χ3n) is 6.23. The van der Waals surface area contributed by atoms with Crippen molar-refractivity contribution in [3.8, 4) is 0 Å². The van der Waals surface area contributed by atoms with Gasteiger partial charge < -0.3 is 9.47 Å².